The number of ether oxygens (including phenoxy) is 2. The standard InChI is InChI=1S/C25H25N5O3S/c1-32-21-9-7-18(8-10-21)23-22(16-30(28-23)20-5-3-2-4-6-20)24(31)27-25-26-19(17-34-25)15-29-11-13-33-14-12-29/h2-10,16-17H,11-15H2,1H3,(H,26,27,31). The number of hydrogen-bond acceptors (Lipinski definition) is 7. The second kappa shape index (κ2) is 10.2. The van der Waals surface area contributed by atoms with E-state index in [1.165, 1.54) is 11.3 Å². The first kappa shape index (κ1) is 22.3. The molecule has 1 aliphatic rings. The van der Waals surface area contributed by atoms with Crippen LogP contribution in [0.3, 0.4) is 0 Å². The van der Waals surface area contributed by atoms with E-state index in [0.717, 1.165) is 55.5 Å². The van der Waals surface area contributed by atoms with Gasteiger partial charge in [0.1, 0.15) is 11.4 Å². The lowest BCUT2D eigenvalue weighted by molar-refractivity contribution is 0.0337. The van der Waals surface area contributed by atoms with Crippen LogP contribution in [0.1, 0.15) is 16.1 Å². The lowest BCUT2D eigenvalue weighted by atomic mass is 10.1. The molecule has 4 aromatic rings. The number of anilines is 1. The fourth-order valence-electron chi connectivity index (χ4n) is 3.81. The SMILES string of the molecule is COc1ccc(-c2nn(-c3ccccc3)cc2C(=O)Nc2nc(CN3CCOCC3)cs2)cc1. The highest BCUT2D eigenvalue weighted by atomic mass is 32.1. The summed E-state index contributed by atoms with van der Waals surface area (Å²) in [6.07, 6.45) is 1.76. The molecule has 8 nitrogen and oxygen atoms in total. The van der Waals surface area contributed by atoms with Gasteiger partial charge < -0.3 is 9.47 Å². The summed E-state index contributed by atoms with van der Waals surface area (Å²) in [5.41, 5.74) is 3.71. The van der Waals surface area contributed by atoms with E-state index in [1.807, 2.05) is 60.0 Å². The highest BCUT2D eigenvalue weighted by Crippen LogP contribution is 2.27. The van der Waals surface area contributed by atoms with Crippen molar-refractivity contribution in [3.8, 4) is 22.7 Å². The molecule has 5 rings (SSSR count). The summed E-state index contributed by atoms with van der Waals surface area (Å²) in [6, 6.07) is 17.2. The molecule has 2 aromatic heterocycles. The Hall–Kier alpha value is -3.53. The number of nitrogens with one attached hydrogen (secondary N) is 1. The quantitative estimate of drug-likeness (QED) is 0.434. The smallest absolute Gasteiger partial charge is 0.261 e. The molecular weight excluding hydrogens is 450 g/mol. The Morgan fingerprint density at radius 3 is 2.62 bits per heavy atom. The summed E-state index contributed by atoms with van der Waals surface area (Å²) in [5.74, 6) is 0.494. The van der Waals surface area contributed by atoms with Gasteiger partial charge >= 0.3 is 0 Å². The minimum atomic E-state index is -0.250. The summed E-state index contributed by atoms with van der Waals surface area (Å²) < 4.78 is 12.4. The molecule has 1 fully saturated rings. The molecule has 0 unspecified atom stereocenters. The minimum absolute atomic E-state index is 0.250. The monoisotopic (exact) mass is 475 g/mol. The Morgan fingerprint density at radius 2 is 1.88 bits per heavy atom. The Balaban J connectivity index is 1.40. The Labute approximate surface area is 201 Å². The van der Waals surface area contributed by atoms with Crippen molar-refractivity contribution in [2.75, 3.05) is 38.7 Å². The maximum absolute atomic E-state index is 13.3. The molecule has 0 saturated carbocycles. The molecule has 1 amide bonds. The zero-order valence-corrected chi connectivity index (χ0v) is 19.6. The zero-order chi connectivity index (χ0) is 23.3. The first-order valence-corrected chi connectivity index (χ1v) is 11.9. The van der Waals surface area contributed by atoms with E-state index in [-0.39, 0.29) is 5.91 Å². The third-order valence-electron chi connectivity index (χ3n) is 5.60. The van der Waals surface area contributed by atoms with E-state index in [0.29, 0.717) is 16.4 Å². The van der Waals surface area contributed by atoms with Gasteiger partial charge in [0.05, 0.1) is 37.3 Å². The van der Waals surface area contributed by atoms with Crippen LogP contribution >= 0.6 is 11.3 Å². The summed E-state index contributed by atoms with van der Waals surface area (Å²) in [5, 5.41) is 10.3. The molecule has 2 aromatic carbocycles. The number of aromatic nitrogens is 3. The molecule has 174 valence electrons. The van der Waals surface area contributed by atoms with Crippen LogP contribution in [0.4, 0.5) is 5.13 Å². The molecule has 0 bridgehead atoms. The van der Waals surface area contributed by atoms with Crippen LogP contribution in [0.5, 0.6) is 5.75 Å². The van der Waals surface area contributed by atoms with Crippen LogP contribution in [0.25, 0.3) is 16.9 Å². The van der Waals surface area contributed by atoms with Gasteiger partial charge in [-0.3, -0.25) is 15.0 Å². The van der Waals surface area contributed by atoms with Crippen LogP contribution in [-0.4, -0.2) is 59.0 Å². The maximum Gasteiger partial charge on any atom is 0.261 e. The number of rotatable bonds is 7. The van der Waals surface area contributed by atoms with Crippen molar-refractivity contribution in [3.63, 3.8) is 0 Å². The van der Waals surface area contributed by atoms with E-state index in [4.69, 9.17) is 14.6 Å². The molecular formula is C25H25N5O3S. The molecule has 0 atom stereocenters. The number of nitrogens with zero attached hydrogens (tertiary/aromatic N) is 4. The van der Waals surface area contributed by atoms with Gasteiger partial charge in [0.2, 0.25) is 0 Å². The van der Waals surface area contributed by atoms with Crippen molar-refractivity contribution in [2.45, 2.75) is 6.54 Å². The van der Waals surface area contributed by atoms with E-state index < -0.39 is 0 Å². The van der Waals surface area contributed by atoms with Crippen molar-refractivity contribution < 1.29 is 14.3 Å². The predicted molar refractivity (Wildman–Crippen MR) is 132 cm³/mol. The fraction of sp³-hybridized carbons (Fsp3) is 0.240. The number of amides is 1. The number of carbonyl (C=O) groups excluding carboxylic acids is 1. The van der Waals surface area contributed by atoms with E-state index in [9.17, 15) is 4.79 Å². The Kier molecular flexibility index (Phi) is 6.66. The summed E-state index contributed by atoms with van der Waals surface area (Å²) in [6.45, 7) is 4.02. The second-order valence-electron chi connectivity index (χ2n) is 7.89. The van der Waals surface area contributed by atoms with Crippen molar-refractivity contribution in [1.29, 1.82) is 0 Å². The highest BCUT2D eigenvalue weighted by Gasteiger charge is 2.20. The minimum Gasteiger partial charge on any atom is -0.497 e. The zero-order valence-electron chi connectivity index (χ0n) is 18.8. The van der Waals surface area contributed by atoms with Crippen molar-refractivity contribution >= 4 is 22.4 Å². The van der Waals surface area contributed by atoms with Gasteiger partial charge in [-0.2, -0.15) is 5.10 Å². The molecule has 34 heavy (non-hydrogen) atoms. The van der Waals surface area contributed by atoms with Crippen LogP contribution in [0, 0.1) is 0 Å². The topological polar surface area (TPSA) is 81.5 Å². The number of hydrogen-bond donors (Lipinski definition) is 1. The third kappa shape index (κ3) is 5.01. The Morgan fingerprint density at radius 1 is 1.12 bits per heavy atom. The van der Waals surface area contributed by atoms with Crippen molar-refractivity contribution in [1.82, 2.24) is 19.7 Å². The summed E-state index contributed by atoms with van der Waals surface area (Å²) in [4.78, 5) is 20.2. The van der Waals surface area contributed by atoms with E-state index >= 15 is 0 Å². The molecule has 9 heteroatoms. The normalized spacial score (nSPS) is 14.1. The van der Waals surface area contributed by atoms with Gasteiger partial charge in [-0.15, -0.1) is 11.3 Å². The molecule has 3 heterocycles. The molecule has 1 aliphatic heterocycles. The van der Waals surface area contributed by atoms with Gasteiger partial charge in [-0.05, 0) is 36.4 Å². The first-order chi connectivity index (χ1) is 16.7. The van der Waals surface area contributed by atoms with Crippen LogP contribution in [-0.2, 0) is 11.3 Å². The van der Waals surface area contributed by atoms with Crippen LogP contribution < -0.4 is 10.1 Å². The van der Waals surface area contributed by atoms with Crippen molar-refractivity contribution in [3.05, 3.63) is 77.4 Å². The largest absolute Gasteiger partial charge is 0.497 e. The summed E-state index contributed by atoms with van der Waals surface area (Å²) in [7, 11) is 1.62. The number of thiazole rings is 1. The summed E-state index contributed by atoms with van der Waals surface area (Å²) >= 11 is 1.43. The van der Waals surface area contributed by atoms with E-state index in [1.54, 1.807) is 18.0 Å². The number of morpholine rings is 1. The third-order valence-corrected chi connectivity index (χ3v) is 6.41. The molecule has 1 N–H and O–H groups in total. The van der Waals surface area contributed by atoms with Gasteiger partial charge in [-0.1, -0.05) is 18.2 Å². The molecule has 0 radical (unpaired) electrons. The van der Waals surface area contributed by atoms with Crippen LogP contribution in [0.2, 0.25) is 0 Å². The first-order valence-electron chi connectivity index (χ1n) is 11.0. The van der Waals surface area contributed by atoms with Gasteiger partial charge in [0.15, 0.2) is 5.13 Å². The number of carbonyl (C=O) groups is 1. The molecule has 0 aliphatic carbocycles. The van der Waals surface area contributed by atoms with Gasteiger partial charge in [0, 0.05) is 36.8 Å². The maximum atomic E-state index is 13.3. The van der Waals surface area contributed by atoms with Crippen molar-refractivity contribution in [2.24, 2.45) is 0 Å². The fourth-order valence-corrected chi connectivity index (χ4v) is 4.50. The van der Waals surface area contributed by atoms with E-state index in [2.05, 4.69) is 15.2 Å². The lowest BCUT2D eigenvalue weighted by Crippen LogP contribution is -2.35. The molecule has 0 spiro atoms. The molecule has 1 saturated heterocycles. The Bertz CT molecular complexity index is 1250. The predicted octanol–water partition coefficient (Wildman–Crippen LogP) is 4.09. The number of para-hydroxylation sites is 1. The highest BCUT2D eigenvalue weighted by molar-refractivity contribution is 7.14. The van der Waals surface area contributed by atoms with Gasteiger partial charge in [-0.25, -0.2) is 9.67 Å². The lowest BCUT2D eigenvalue weighted by Gasteiger charge is -2.25. The van der Waals surface area contributed by atoms with Gasteiger partial charge in [0.25, 0.3) is 5.91 Å². The number of benzene rings is 2. The van der Waals surface area contributed by atoms with Crippen LogP contribution in [0.15, 0.2) is 66.2 Å². The second-order valence-corrected chi connectivity index (χ2v) is 8.74. The number of methoxy groups -OCH3 is 1. The average molecular weight is 476 g/mol. The average Bonchev–Trinajstić information content (AvgIpc) is 3.53.